The van der Waals surface area contributed by atoms with E-state index in [1.807, 2.05) is 13.8 Å². The van der Waals surface area contributed by atoms with Crippen molar-refractivity contribution in [2.75, 3.05) is 6.54 Å². The number of aryl methyl sites for hydroxylation is 1. The van der Waals surface area contributed by atoms with Gasteiger partial charge in [-0.25, -0.2) is 0 Å². The lowest BCUT2D eigenvalue weighted by molar-refractivity contribution is -0.137. The lowest BCUT2D eigenvalue weighted by Gasteiger charge is -2.15. The first-order chi connectivity index (χ1) is 7.61. The van der Waals surface area contributed by atoms with E-state index in [-0.39, 0.29) is 12.5 Å². The van der Waals surface area contributed by atoms with Crippen LogP contribution in [0.5, 0.6) is 0 Å². The largest absolute Gasteiger partial charge is 0.481 e. The maximum Gasteiger partial charge on any atom is 0.304 e. The molecule has 1 atom stereocenters. The van der Waals surface area contributed by atoms with Crippen LogP contribution in [-0.4, -0.2) is 23.7 Å². The van der Waals surface area contributed by atoms with Crippen LogP contribution in [0.2, 0.25) is 0 Å². The van der Waals surface area contributed by atoms with Crippen molar-refractivity contribution in [3.05, 3.63) is 35.4 Å². The molecule has 0 heterocycles. The monoisotopic (exact) mass is 221 g/mol. The van der Waals surface area contributed by atoms with Crippen molar-refractivity contribution in [1.29, 1.82) is 0 Å². The highest BCUT2D eigenvalue weighted by molar-refractivity contribution is 5.67. The number of hydrogen-bond acceptors (Lipinski definition) is 2. The zero-order chi connectivity index (χ0) is 12.0. The fourth-order valence-electron chi connectivity index (χ4n) is 1.72. The molecule has 0 radical (unpaired) electrons. The van der Waals surface area contributed by atoms with Gasteiger partial charge in [-0.15, -0.1) is 0 Å². The van der Waals surface area contributed by atoms with Crippen molar-refractivity contribution in [2.24, 2.45) is 0 Å². The number of carbonyl (C=O) groups is 1. The summed E-state index contributed by atoms with van der Waals surface area (Å²) in [6, 6.07) is 8.24. The smallest absolute Gasteiger partial charge is 0.304 e. The number of likely N-dealkylation sites (N-methyl/N-ethyl adjacent to an activating group) is 1. The summed E-state index contributed by atoms with van der Waals surface area (Å²) in [4.78, 5) is 10.7. The Balaban J connectivity index is 2.59. The molecule has 0 saturated carbocycles. The summed E-state index contributed by atoms with van der Waals surface area (Å²) >= 11 is 0. The zero-order valence-corrected chi connectivity index (χ0v) is 9.86. The number of hydrogen-bond donors (Lipinski definition) is 2. The van der Waals surface area contributed by atoms with E-state index in [4.69, 9.17) is 5.11 Å². The van der Waals surface area contributed by atoms with E-state index < -0.39 is 5.97 Å². The SMILES string of the molecule is CCNC(CC(=O)O)Cc1ccc(C)cc1. The first-order valence-electron chi connectivity index (χ1n) is 5.62. The lowest BCUT2D eigenvalue weighted by Crippen LogP contribution is -2.33. The second-order valence-corrected chi connectivity index (χ2v) is 4.04. The fourth-order valence-corrected chi connectivity index (χ4v) is 1.72. The van der Waals surface area contributed by atoms with E-state index in [9.17, 15) is 4.79 Å². The quantitative estimate of drug-likeness (QED) is 0.772. The van der Waals surface area contributed by atoms with Crippen LogP contribution in [0.4, 0.5) is 0 Å². The highest BCUT2D eigenvalue weighted by Gasteiger charge is 2.12. The van der Waals surface area contributed by atoms with E-state index >= 15 is 0 Å². The Morgan fingerprint density at radius 1 is 1.38 bits per heavy atom. The van der Waals surface area contributed by atoms with Crippen LogP contribution in [0.1, 0.15) is 24.5 Å². The average molecular weight is 221 g/mol. The standard InChI is InChI=1S/C13H19NO2/c1-3-14-12(9-13(15)16)8-11-6-4-10(2)5-7-11/h4-7,12,14H,3,8-9H2,1-2H3,(H,15,16). The van der Waals surface area contributed by atoms with E-state index in [0.29, 0.717) is 0 Å². The van der Waals surface area contributed by atoms with Gasteiger partial charge in [0.2, 0.25) is 0 Å². The third kappa shape index (κ3) is 4.45. The van der Waals surface area contributed by atoms with Crippen LogP contribution < -0.4 is 5.32 Å². The van der Waals surface area contributed by atoms with Crippen LogP contribution in [0.15, 0.2) is 24.3 Å². The topological polar surface area (TPSA) is 49.3 Å². The van der Waals surface area contributed by atoms with Gasteiger partial charge in [0.1, 0.15) is 0 Å². The van der Waals surface area contributed by atoms with Gasteiger partial charge in [-0.1, -0.05) is 36.8 Å². The molecule has 2 N–H and O–H groups in total. The Bertz CT molecular complexity index is 332. The zero-order valence-electron chi connectivity index (χ0n) is 9.86. The van der Waals surface area contributed by atoms with Gasteiger partial charge >= 0.3 is 5.97 Å². The highest BCUT2D eigenvalue weighted by atomic mass is 16.4. The minimum Gasteiger partial charge on any atom is -0.481 e. The minimum atomic E-state index is -0.752. The highest BCUT2D eigenvalue weighted by Crippen LogP contribution is 2.08. The Hall–Kier alpha value is -1.35. The number of rotatable bonds is 6. The summed E-state index contributed by atoms with van der Waals surface area (Å²) in [6.07, 6.45) is 0.933. The molecule has 1 unspecified atom stereocenters. The first kappa shape index (κ1) is 12.7. The second kappa shape index (κ2) is 6.28. The van der Waals surface area contributed by atoms with Gasteiger partial charge in [-0.2, -0.15) is 0 Å². The molecule has 1 aromatic carbocycles. The van der Waals surface area contributed by atoms with Gasteiger partial charge in [0.05, 0.1) is 6.42 Å². The molecule has 0 spiro atoms. The molecule has 3 heteroatoms. The average Bonchev–Trinajstić information content (AvgIpc) is 2.21. The predicted molar refractivity (Wildman–Crippen MR) is 64.6 cm³/mol. The van der Waals surface area contributed by atoms with E-state index in [2.05, 4.69) is 29.6 Å². The first-order valence-corrected chi connectivity index (χ1v) is 5.62. The summed E-state index contributed by atoms with van der Waals surface area (Å²) in [5, 5.41) is 12.0. The minimum absolute atomic E-state index is 0.0187. The summed E-state index contributed by atoms with van der Waals surface area (Å²) in [5.74, 6) is -0.752. The van der Waals surface area contributed by atoms with E-state index in [1.54, 1.807) is 0 Å². The molecule has 0 aliphatic rings. The van der Waals surface area contributed by atoms with Gasteiger partial charge in [0.15, 0.2) is 0 Å². The molecular formula is C13H19NO2. The molecule has 3 nitrogen and oxygen atoms in total. The van der Waals surface area contributed by atoms with Crippen molar-refractivity contribution >= 4 is 5.97 Å². The maximum atomic E-state index is 10.7. The molecule has 0 saturated heterocycles. The fraction of sp³-hybridized carbons (Fsp3) is 0.462. The molecular weight excluding hydrogens is 202 g/mol. The molecule has 0 aliphatic carbocycles. The molecule has 0 aliphatic heterocycles. The van der Waals surface area contributed by atoms with Gasteiger partial charge in [-0.05, 0) is 25.5 Å². The number of nitrogens with one attached hydrogen (secondary N) is 1. The Morgan fingerprint density at radius 2 is 2.00 bits per heavy atom. The van der Waals surface area contributed by atoms with Crippen LogP contribution in [0.3, 0.4) is 0 Å². The summed E-state index contributed by atoms with van der Waals surface area (Å²) < 4.78 is 0. The van der Waals surface area contributed by atoms with Crippen molar-refractivity contribution in [3.8, 4) is 0 Å². The van der Waals surface area contributed by atoms with Crippen molar-refractivity contribution in [2.45, 2.75) is 32.7 Å². The van der Waals surface area contributed by atoms with Crippen LogP contribution >= 0.6 is 0 Å². The molecule has 0 aromatic heterocycles. The molecule has 16 heavy (non-hydrogen) atoms. The maximum absolute atomic E-state index is 10.7. The van der Waals surface area contributed by atoms with Crippen molar-refractivity contribution < 1.29 is 9.90 Å². The van der Waals surface area contributed by atoms with Gasteiger partial charge < -0.3 is 10.4 Å². The van der Waals surface area contributed by atoms with Crippen molar-refractivity contribution in [1.82, 2.24) is 5.32 Å². The number of aliphatic carboxylic acids is 1. The summed E-state index contributed by atoms with van der Waals surface area (Å²) in [6.45, 7) is 4.83. The molecule has 0 bridgehead atoms. The Labute approximate surface area is 96.5 Å². The number of carboxylic acids is 1. The molecule has 88 valence electrons. The van der Waals surface area contributed by atoms with E-state index in [1.165, 1.54) is 11.1 Å². The van der Waals surface area contributed by atoms with Crippen molar-refractivity contribution in [3.63, 3.8) is 0 Å². The predicted octanol–water partition coefficient (Wildman–Crippen LogP) is 1.99. The molecule has 0 fully saturated rings. The Kier molecular flexibility index (Phi) is 4.99. The van der Waals surface area contributed by atoms with Gasteiger partial charge in [0, 0.05) is 6.04 Å². The molecule has 0 amide bonds. The summed E-state index contributed by atoms with van der Waals surface area (Å²) in [7, 11) is 0. The number of benzene rings is 1. The molecule has 1 aromatic rings. The third-order valence-electron chi connectivity index (χ3n) is 2.52. The van der Waals surface area contributed by atoms with Crippen LogP contribution in [-0.2, 0) is 11.2 Å². The summed E-state index contributed by atoms with van der Waals surface area (Å²) in [5.41, 5.74) is 2.40. The van der Waals surface area contributed by atoms with E-state index in [0.717, 1.165) is 13.0 Å². The third-order valence-corrected chi connectivity index (χ3v) is 2.52. The Morgan fingerprint density at radius 3 is 2.50 bits per heavy atom. The van der Waals surface area contributed by atoms with Crippen LogP contribution in [0, 0.1) is 6.92 Å². The van der Waals surface area contributed by atoms with Gasteiger partial charge in [0.25, 0.3) is 0 Å². The van der Waals surface area contributed by atoms with Crippen LogP contribution in [0.25, 0.3) is 0 Å². The lowest BCUT2D eigenvalue weighted by atomic mass is 10.0. The normalized spacial score (nSPS) is 12.4. The second-order valence-electron chi connectivity index (χ2n) is 4.04. The van der Waals surface area contributed by atoms with Gasteiger partial charge in [-0.3, -0.25) is 4.79 Å². The molecule has 1 rings (SSSR count). The number of carboxylic acid groups (broad SMARTS) is 1.